The first kappa shape index (κ1) is 19.2. The summed E-state index contributed by atoms with van der Waals surface area (Å²) in [5, 5.41) is 0. The van der Waals surface area contributed by atoms with Crippen molar-refractivity contribution in [3.63, 3.8) is 0 Å². The maximum atomic E-state index is 12.8. The van der Waals surface area contributed by atoms with Crippen molar-refractivity contribution in [3.05, 3.63) is 71.8 Å². The van der Waals surface area contributed by atoms with E-state index in [1.165, 1.54) is 11.1 Å². The second kappa shape index (κ2) is 8.89. The summed E-state index contributed by atoms with van der Waals surface area (Å²) in [6.07, 6.45) is 2.31. The Hall–Kier alpha value is -2.17. The smallest absolute Gasteiger partial charge is 0.239 e. The largest absolute Gasteiger partial charge is 0.341 e. The van der Waals surface area contributed by atoms with Gasteiger partial charge in [-0.2, -0.15) is 0 Å². The van der Waals surface area contributed by atoms with Gasteiger partial charge in [0.1, 0.15) is 0 Å². The fourth-order valence-corrected chi connectivity index (χ4v) is 4.63. The van der Waals surface area contributed by atoms with Crippen molar-refractivity contribution in [2.75, 3.05) is 39.3 Å². The molecule has 28 heavy (non-hydrogen) atoms. The Bertz CT molecular complexity index is 710. The van der Waals surface area contributed by atoms with E-state index in [4.69, 9.17) is 0 Å². The summed E-state index contributed by atoms with van der Waals surface area (Å²) in [5.74, 6) is 0.314. The molecule has 2 fully saturated rings. The Balaban J connectivity index is 1.45. The van der Waals surface area contributed by atoms with Gasteiger partial charge in [0.15, 0.2) is 0 Å². The van der Waals surface area contributed by atoms with E-state index in [0.29, 0.717) is 5.91 Å². The fraction of sp³-hybridized carbons (Fsp3) is 0.458. The Kier molecular flexibility index (Phi) is 6.08. The quantitative estimate of drug-likeness (QED) is 0.799. The average molecular weight is 378 g/mol. The van der Waals surface area contributed by atoms with Gasteiger partial charge >= 0.3 is 0 Å². The molecule has 2 aromatic rings. The Morgan fingerprint density at radius 1 is 0.714 bits per heavy atom. The van der Waals surface area contributed by atoms with Gasteiger partial charge in [-0.15, -0.1) is 0 Å². The molecule has 0 radical (unpaired) electrons. The van der Waals surface area contributed by atoms with Crippen LogP contribution in [0, 0.1) is 0 Å². The molecule has 2 aromatic carbocycles. The number of hydrogen-bond donors (Lipinski definition) is 0. The standard InChI is InChI=1S/C24H31N3O/c1-20(24(28)27-14-8-9-15-27)25-16-18-26(19-17-25)23(21-10-4-2-5-11-21)22-12-6-3-7-13-22/h2-7,10-13,20,23H,8-9,14-19H2,1H3/t20-/m0/s1. The molecule has 0 saturated carbocycles. The average Bonchev–Trinajstić information content (AvgIpc) is 3.30. The van der Waals surface area contributed by atoms with Crippen LogP contribution in [0.5, 0.6) is 0 Å². The first-order valence-corrected chi connectivity index (χ1v) is 10.6. The Labute approximate surface area is 168 Å². The second-order valence-electron chi connectivity index (χ2n) is 8.00. The van der Waals surface area contributed by atoms with E-state index in [1.54, 1.807) is 0 Å². The number of nitrogens with zero attached hydrogens (tertiary/aromatic N) is 3. The molecule has 0 unspecified atom stereocenters. The molecule has 0 bridgehead atoms. The minimum Gasteiger partial charge on any atom is -0.341 e. The van der Waals surface area contributed by atoms with Gasteiger partial charge in [-0.25, -0.2) is 0 Å². The number of amides is 1. The lowest BCUT2D eigenvalue weighted by Gasteiger charge is -2.42. The molecular formula is C24H31N3O. The van der Waals surface area contributed by atoms with E-state index in [-0.39, 0.29) is 12.1 Å². The molecule has 2 saturated heterocycles. The maximum Gasteiger partial charge on any atom is 0.239 e. The zero-order chi connectivity index (χ0) is 19.3. The van der Waals surface area contributed by atoms with Gasteiger partial charge in [0, 0.05) is 39.3 Å². The third-order valence-electron chi connectivity index (χ3n) is 6.27. The number of hydrogen-bond acceptors (Lipinski definition) is 3. The van der Waals surface area contributed by atoms with Crippen molar-refractivity contribution in [3.8, 4) is 0 Å². The molecule has 2 aliphatic rings. The van der Waals surface area contributed by atoms with E-state index in [2.05, 4.69) is 77.4 Å². The van der Waals surface area contributed by atoms with Crippen molar-refractivity contribution >= 4 is 5.91 Å². The lowest BCUT2D eigenvalue weighted by molar-refractivity contribution is -0.136. The highest BCUT2D eigenvalue weighted by Gasteiger charge is 2.32. The fourth-order valence-electron chi connectivity index (χ4n) is 4.63. The van der Waals surface area contributed by atoms with Crippen LogP contribution in [-0.4, -0.2) is 65.9 Å². The first-order valence-electron chi connectivity index (χ1n) is 10.6. The number of carbonyl (C=O) groups excluding carboxylic acids is 1. The highest BCUT2D eigenvalue weighted by atomic mass is 16.2. The van der Waals surface area contributed by atoms with E-state index in [1.807, 2.05) is 4.90 Å². The molecule has 2 aliphatic heterocycles. The Morgan fingerprint density at radius 2 is 1.18 bits per heavy atom. The van der Waals surface area contributed by atoms with Crippen LogP contribution in [0.2, 0.25) is 0 Å². The van der Waals surface area contributed by atoms with Crippen LogP contribution in [0.1, 0.15) is 36.9 Å². The van der Waals surface area contributed by atoms with Crippen LogP contribution < -0.4 is 0 Å². The van der Waals surface area contributed by atoms with E-state index in [9.17, 15) is 4.79 Å². The maximum absolute atomic E-state index is 12.8. The summed E-state index contributed by atoms with van der Waals surface area (Å²) < 4.78 is 0. The van der Waals surface area contributed by atoms with Gasteiger partial charge < -0.3 is 4.90 Å². The molecule has 4 rings (SSSR count). The summed E-state index contributed by atoms with van der Waals surface area (Å²) in [6, 6.07) is 21.8. The first-order chi connectivity index (χ1) is 13.7. The van der Waals surface area contributed by atoms with E-state index in [0.717, 1.165) is 52.1 Å². The van der Waals surface area contributed by atoms with Gasteiger partial charge in [-0.05, 0) is 30.9 Å². The third-order valence-corrected chi connectivity index (χ3v) is 6.27. The Morgan fingerprint density at radius 3 is 1.68 bits per heavy atom. The number of piperazine rings is 1. The molecule has 0 aliphatic carbocycles. The molecule has 4 heteroatoms. The predicted molar refractivity (Wildman–Crippen MR) is 113 cm³/mol. The van der Waals surface area contributed by atoms with Crippen LogP contribution in [0.4, 0.5) is 0 Å². The molecule has 2 heterocycles. The molecular weight excluding hydrogens is 346 g/mol. The summed E-state index contributed by atoms with van der Waals surface area (Å²) in [4.78, 5) is 19.8. The van der Waals surface area contributed by atoms with Crippen LogP contribution in [0.25, 0.3) is 0 Å². The summed E-state index contributed by atoms with van der Waals surface area (Å²) in [5.41, 5.74) is 2.67. The van der Waals surface area contributed by atoms with Gasteiger partial charge in [0.05, 0.1) is 12.1 Å². The minimum absolute atomic E-state index is 0.00727. The lowest BCUT2D eigenvalue weighted by Crippen LogP contribution is -2.54. The van der Waals surface area contributed by atoms with Gasteiger partial charge in [0.25, 0.3) is 0 Å². The molecule has 1 amide bonds. The normalized spacial score (nSPS) is 19.9. The number of likely N-dealkylation sites (tertiary alicyclic amines) is 1. The van der Waals surface area contributed by atoms with Crippen LogP contribution in [0.3, 0.4) is 0 Å². The van der Waals surface area contributed by atoms with Crippen molar-refractivity contribution in [1.82, 2.24) is 14.7 Å². The predicted octanol–water partition coefficient (Wildman–Crippen LogP) is 3.40. The van der Waals surface area contributed by atoms with Crippen molar-refractivity contribution in [2.24, 2.45) is 0 Å². The van der Waals surface area contributed by atoms with Crippen molar-refractivity contribution in [2.45, 2.75) is 31.8 Å². The van der Waals surface area contributed by atoms with Gasteiger partial charge in [-0.1, -0.05) is 60.7 Å². The number of rotatable bonds is 5. The van der Waals surface area contributed by atoms with Crippen molar-refractivity contribution in [1.29, 1.82) is 0 Å². The zero-order valence-electron chi connectivity index (χ0n) is 16.8. The lowest BCUT2D eigenvalue weighted by atomic mass is 9.96. The summed E-state index contributed by atoms with van der Waals surface area (Å²) in [7, 11) is 0. The molecule has 148 valence electrons. The van der Waals surface area contributed by atoms with E-state index >= 15 is 0 Å². The van der Waals surface area contributed by atoms with Crippen LogP contribution in [0.15, 0.2) is 60.7 Å². The highest BCUT2D eigenvalue weighted by molar-refractivity contribution is 5.81. The molecule has 1 atom stereocenters. The van der Waals surface area contributed by atoms with Gasteiger partial charge in [0.2, 0.25) is 5.91 Å². The topological polar surface area (TPSA) is 26.8 Å². The summed E-state index contributed by atoms with van der Waals surface area (Å²) >= 11 is 0. The van der Waals surface area contributed by atoms with Crippen LogP contribution >= 0.6 is 0 Å². The second-order valence-corrected chi connectivity index (χ2v) is 8.00. The number of benzene rings is 2. The number of carbonyl (C=O) groups is 1. The minimum atomic E-state index is -0.00727. The molecule has 0 aromatic heterocycles. The molecule has 0 spiro atoms. The third kappa shape index (κ3) is 4.13. The van der Waals surface area contributed by atoms with E-state index < -0.39 is 0 Å². The molecule has 0 N–H and O–H groups in total. The SMILES string of the molecule is C[C@@H](C(=O)N1CCCC1)N1CCN(C(c2ccccc2)c2ccccc2)CC1. The highest BCUT2D eigenvalue weighted by Crippen LogP contribution is 2.29. The van der Waals surface area contributed by atoms with Crippen LogP contribution in [-0.2, 0) is 4.79 Å². The zero-order valence-corrected chi connectivity index (χ0v) is 16.8. The van der Waals surface area contributed by atoms with Crippen molar-refractivity contribution < 1.29 is 4.79 Å². The molecule has 4 nitrogen and oxygen atoms in total. The summed E-state index contributed by atoms with van der Waals surface area (Å²) in [6.45, 7) is 7.80. The monoisotopic (exact) mass is 377 g/mol. The van der Waals surface area contributed by atoms with Gasteiger partial charge in [-0.3, -0.25) is 14.6 Å².